The van der Waals surface area contributed by atoms with Gasteiger partial charge in [-0.25, -0.2) is 4.39 Å². The van der Waals surface area contributed by atoms with Crippen molar-refractivity contribution in [1.82, 2.24) is 0 Å². The Bertz CT molecular complexity index is 502. The molecule has 104 valence electrons. The van der Waals surface area contributed by atoms with Crippen LogP contribution in [0, 0.1) is 5.82 Å². The number of ether oxygens (including phenoxy) is 1. The molecule has 1 aliphatic rings. The Morgan fingerprint density at radius 3 is 2.53 bits per heavy atom. The predicted molar refractivity (Wildman–Crippen MR) is 82.2 cm³/mol. The van der Waals surface area contributed by atoms with Gasteiger partial charge in [0.05, 0.1) is 22.4 Å². The topological polar surface area (TPSA) is 38.5 Å². The molecule has 1 aromatic carbocycles. The Morgan fingerprint density at radius 1 is 1.42 bits per heavy atom. The molecule has 19 heavy (non-hydrogen) atoms. The second-order valence-electron chi connectivity index (χ2n) is 4.79. The Hall–Kier alpha value is -0.720. The van der Waals surface area contributed by atoms with Gasteiger partial charge in [-0.2, -0.15) is 0 Å². The van der Waals surface area contributed by atoms with Gasteiger partial charge in [0.15, 0.2) is 5.82 Å². The smallest absolute Gasteiger partial charge is 0.161 e. The van der Waals surface area contributed by atoms with Crippen LogP contribution in [0.2, 0.25) is 0 Å². The molecule has 0 bridgehead atoms. The monoisotopic (exact) mass is 346 g/mol. The first kappa shape index (κ1) is 14.7. The molecule has 0 amide bonds. The van der Waals surface area contributed by atoms with Crippen LogP contribution >= 0.6 is 28.1 Å². The number of rotatable bonds is 2. The van der Waals surface area contributed by atoms with Gasteiger partial charge in [0.25, 0.3) is 0 Å². The van der Waals surface area contributed by atoms with Crippen LogP contribution in [0.1, 0.15) is 19.4 Å². The first-order valence-electron chi connectivity index (χ1n) is 6.08. The van der Waals surface area contributed by atoms with Gasteiger partial charge in [0, 0.05) is 18.7 Å². The molecule has 2 atom stereocenters. The number of nitrogens with zero attached hydrogens (tertiary/aromatic N) is 1. The van der Waals surface area contributed by atoms with Crippen LogP contribution in [0.15, 0.2) is 16.6 Å². The third kappa shape index (κ3) is 3.07. The molecule has 0 radical (unpaired) electrons. The maximum Gasteiger partial charge on any atom is 0.161 e. The van der Waals surface area contributed by atoms with Gasteiger partial charge >= 0.3 is 0 Å². The summed E-state index contributed by atoms with van der Waals surface area (Å²) in [6.45, 7) is 5.30. The quantitative estimate of drug-likeness (QED) is 0.835. The van der Waals surface area contributed by atoms with Crippen molar-refractivity contribution in [3.8, 4) is 0 Å². The lowest BCUT2D eigenvalue weighted by atomic mass is 10.1. The summed E-state index contributed by atoms with van der Waals surface area (Å²) in [7, 11) is 0. The van der Waals surface area contributed by atoms with Crippen molar-refractivity contribution in [1.29, 1.82) is 0 Å². The number of thiocarbonyl (C=S) groups is 1. The molecule has 6 heteroatoms. The number of anilines is 1. The zero-order valence-electron chi connectivity index (χ0n) is 10.8. The highest BCUT2D eigenvalue weighted by atomic mass is 79.9. The molecule has 3 nitrogen and oxygen atoms in total. The Morgan fingerprint density at radius 2 is 2.00 bits per heavy atom. The zero-order chi connectivity index (χ0) is 14.2. The van der Waals surface area contributed by atoms with Crippen molar-refractivity contribution in [3.05, 3.63) is 28.0 Å². The van der Waals surface area contributed by atoms with Gasteiger partial charge in [-0.3, -0.25) is 0 Å². The molecule has 0 aromatic heterocycles. The fraction of sp³-hybridized carbons (Fsp3) is 0.462. The molecule has 0 saturated carbocycles. The van der Waals surface area contributed by atoms with E-state index in [0.717, 1.165) is 0 Å². The highest BCUT2D eigenvalue weighted by molar-refractivity contribution is 9.10. The molecule has 0 aliphatic carbocycles. The van der Waals surface area contributed by atoms with Crippen LogP contribution < -0.4 is 10.6 Å². The molecular formula is C13H16BrFN2OS. The van der Waals surface area contributed by atoms with Crippen molar-refractivity contribution < 1.29 is 9.13 Å². The van der Waals surface area contributed by atoms with Crippen molar-refractivity contribution >= 4 is 38.8 Å². The largest absolute Gasteiger partial charge is 0.389 e. The third-order valence-corrected chi connectivity index (χ3v) is 4.08. The normalized spacial score (nSPS) is 23.5. The number of benzene rings is 1. The fourth-order valence-corrected chi connectivity index (χ4v) is 3.20. The van der Waals surface area contributed by atoms with Gasteiger partial charge in [-0.15, -0.1) is 0 Å². The first-order chi connectivity index (χ1) is 8.90. The molecule has 2 unspecified atom stereocenters. The second kappa shape index (κ2) is 5.73. The highest BCUT2D eigenvalue weighted by Crippen LogP contribution is 2.31. The lowest BCUT2D eigenvalue weighted by Gasteiger charge is -2.37. The maximum atomic E-state index is 14.4. The minimum atomic E-state index is -0.327. The van der Waals surface area contributed by atoms with Gasteiger partial charge in [-0.05, 0) is 41.9 Å². The molecule has 1 heterocycles. The number of halogens is 2. The van der Waals surface area contributed by atoms with Crippen molar-refractivity contribution in [2.45, 2.75) is 26.1 Å². The minimum Gasteiger partial charge on any atom is -0.389 e. The second-order valence-corrected chi connectivity index (χ2v) is 6.02. The van der Waals surface area contributed by atoms with Gasteiger partial charge in [-0.1, -0.05) is 12.2 Å². The van der Waals surface area contributed by atoms with E-state index in [-0.39, 0.29) is 23.0 Å². The van der Waals surface area contributed by atoms with Crippen molar-refractivity contribution in [3.63, 3.8) is 0 Å². The first-order valence-corrected chi connectivity index (χ1v) is 7.28. The van der Waals surface area contributed by atoms with Crippen LogP contribution in [0.25, 0.3) is 0 Å². The van der Waals surface area contributed by atoms with Gasteiger partial charge in [0.2, 0.25) is 0 Å². The molecule has 2 rings (SSSR count). The van der Waals surface area contributed by atoms with E-state index in [2.05, 4.69) is 15.9 Å². The fourth-order valence-electron chi connectivity index (χ4n) is 2.35. The van der Waals surface area contributed by atoms with E-state index >= 15 is 0 Å². The Labute approximate surface area is 126 Å². The van der Waals surface area contributed by atoms with Crippen LogP contribution in [0.4, 0.5) is 10.1 Å². The van der Waals surface area contributed by atoms with E-state index in [1.807, 2.05) is 18.7 Å². The minimum absolute atomic E-state index is 0.0807. The molecule has 1 fully saturated rings. The summed E-state index contributed by atoms with van der Waals surface area (Å²) in [5, 5.41) is 0. The average Bonchev–Trinajstić information content (AvgIpc) is 2.30. The number of morpholine rings is 1. The summed E-state index contributed by atoms with van der Waals surface area (Å²) in [6.07, 6.45) is 0.161. The number of hydrogen-bond donors (Lipinski definition) is 1. The summed E-state index contributed by atoms with van der Waals surface area (Å²) < 4.78 is 20.4. The SMILES string of the molecule is CC1CN(c2ccc(C(N)=S)c(Br)c2F)CC(C)O1. The van der Waals surface area contributed by atoms with E-state index in [1.165, 1.54) is 0 Å². The van der Waals surface area contributed by atoms with Crippen molar-refractivity contribution in [2.75, 3.05) is 18.0 Å². The molecule has 0 spiro atoms. The summed E-state index contributed by atoms with van der Waals surface area (Å²) in [5.74, 6) is -0.327. The molecule has 2 N–H and O–H groups in total. The maximum absolute atomic E-state index is 14.4. The van der Waals surface area contributed by atoms with E-state index in [9.17, 15) is 4.39 Å². The summed E-state index contributed by atoms with van der Waals surface area (Å²) in [6, 6.07) is 3.47. The standard InChI is InChI=1S/C13H16BrFN2OS/c1-7-5-17(6-8(2)18-7)10-4-3-9(13(16)19)11(14)12(10)15/h3-4,7-8H,5-6H2,1-2H3,(H2,16,19). The van der Waals surface area contributed by atoms with Crippen LogP contribution in [-0.2, 0) is 4.74 Å². The number of hydrogen-bond acceptors (Lipinski definition) is 3. The highest BCUT2D eigenvalue weighted by Gasteiger charge is 2.25. The zero-order valence-corrected chi connectivity index (χ0v) is 13.2. The average molecular weight is 347 g/mol. The molecule has 1 aliphatic heterocycles. The van der Waals surface area contributed by atoms with Crippen LogP contribution in [-0.4, -0.2) is 30.3 Å². The van der Waals surface area contributed by atoms with Crippen molar-refractivity contribution in [2.24, 2.45) is 5.73 Å². The summed E-state index contributed by atoms with van der Waals surface area (Å²) in [5.41, 5.74) is 6.63. The summed E-state index contributed by atoms with van der Waals surface area (Å²) in [4.78, 5) is 2.17. The van der Waals surface area contributed by atoms with E-state index in [0.29, 0.717) is 28.8 Å². The molecule has 1 aromatic rings. The molecule has 1 saturated heterocycles. The predicted octanol–water partition coefficient (Wildman–Crippen LogP) is 2.84. The van der Waals surface area contributed by atoms with E-state index in [1.54, 1.807) is 12.1 Å². The Balaban J connectivity index is 2.35. The lowest BCUT2D eigenvalue weighted by Crippen LogP contribution is -2.45. The summed E-state index contributed by atoms with van der Waals surface area (Å²) >= 11 is 8.12. The number of nitrogens with two attached hydrogens (primary N) is 1. The third-order valence-electron chi connectivity index (χ3n) is 3.09. The molecular weight excluding hydrogens is 331 g/mol. The van der Waals surface area contributed by atoms with Gasteiger partial charge < -0.3 is 15.4 Å². The van der Waals surface area contributed by atoms with Crippen LogP contribution in [0.5, 0.6) is 0 Å². The van der Waals surface area contributed by atoms with E-state index in [4.69, 9.17) is 22.7 Å². The van der Waals surface area contributed by atoms with Gasteiger partial charge in [0.1, 0.15) is 4.99 Å². The lowest BCUT2D eigenvalue weighted by molar-refractivity contribution is -0.00539. The van der Waals surface area contributed by atoms with E-state index < -0.39 is 0 Å². The van der Waals surface area contributed by atoms with Crippen LogP contribution in [0.3, 0.4) is 0 Å². The Kier molecular flexibility index (Phi) is 4.43.